The van der Waals surface area contributed by atoms with Crippen LogP contribution in [0, 0.1) is 0 Å². The first-order valence-corrected chi connectivity index (χ1v) is 11.5. The molecule has 1 atom stereocenters. The predicted molar refractivity (Wildman–Crippen MR) is 125 cm³/mol. The number of carbonyl (C=O) groups is 1. The van der Waals surface area contributed by atoms with Gasteiger partial charge in [0, 0.05) is 30.8 Å². The molecule has 0 fully saturated rings. The quantitative estimate of drug-likeness (QED) is 0.417. The van der Waals surface area contributed by atoms with E-state index in [1.54, 1.807) is 33.3 Å². The summed E-state index contributed by atoms with van der Waals surface area (Å²) in [4.78, 5) is 32.6. The second kappa shape index (κ2) is 8.44. The van der Waals surface area contributed by atoms with Crippen LogP contribution in [-0.2, 0) is 11.3 Å². The molecule has 4 aromatic rings. The molecule has 0 spiro atoms. The van der Waals surface area contributed by atoms with Crippen LogP contribution in [-0.4, -0.2) is 42.9 Å². The van der Waals surface area contributed by atoms with Crippen LogP contribution in [0.5, 0.6) is 0 Å². The lowest BCUT2D eigenvalue weighted by molar-refractivity contribution is -0.131. The Morgan fingerprint density at radius 3 is 2.81 bits per heavy atom. The van der Waals surface area contributed by atoms with Crippen molar-refractivity contribution in [1.82, 2.24) is 24.2 Å². The van der Waals surface area contributed by atoms with Crippen molar-refractivity contribution in [3.63, 3.8) is 0 Å². The molecule has 1 amide bonds. The van der Waals surface area contributed by atoms with Crippen LogP contribution in [0.25, 0.3) is 16.7 Å². The Balaban J connectivity index is 1.42. The number of thioether (sulfide) groups is 1. The van der Waals surface area contributed by atoms with E-state index in [0.29, 0.717) is 33.5 Å². The Morgan fingerprint density at radius 2 is 2.03 bits per heavy atom. The number of hydrogen-bond donors (Lipinski definition) is 0. The molecule has 9 heteroatoms. The molecule has 5 rings (SSSR count). The van der Waals surface area contributed by atoms with Crippen molar-refractivity contribution in [2.24, 2.45) is 0 Å². The molecule has 0 saturated carbocycles. The minimum atomic E-state index is -0.236. The van der Waals surface area contributed by atoms with Gasteiger partial charge < -0.3 is 4.90 Å². The largest absolute Gasteiger partial charge is 0.341 e. The van der Waals surface area contributed by atoms with E-state index < -0.39 is 0 Å². The van der Waals surface area contributed by atoms with E-state index in [9.17, 15) is 9.59 Å². The second-order valence-corrected chi connectivity index (χ2v) is 9.17. The van der Waals surface area contributed by atoms with Gasteiger partial charge in [0.25, 0.3) is 5.56 Å². The second-order valence-electron chi connectivity index (χ2n) is 7.75. The van der Waals surface area contributed by atoms with E-state index in [1.807, 2.05) is 42.5 Å². The number of amides is 1. The number of nitrogens with zero attached hydrogens (tertiary/aromatic N) is 5. The van der Waals surface area contributed by atoms with E-state index >= 15 is 0 Å². The molecule has 0 radical (unpaired) electrons. The minimum Gasteiger partial charge on any atom is -0.341 e. The monoisotopic (exact) mass is 465 g/mol. The van der Waals surface area contributed by atoms with Crippen molar-refractivity contribution in [3.8, 4) is 5.69 Å². The third-order valence-corrected chi connectivity index (χ3v) is 6.85. The van der Waals surface area contributed by atoms with Crippen LogP contribution in [0.4, 0.5) is 0 Å². The molecule has 0 bridgehead atoms. The molecule has 0 aliphatic carbocycles. The van der Waals surface area contributed by atoms with Crippen LogP contribution in [0.2, 0.25) is 5.02 Å². The molecular weight excluding hydrogens is 446 g/mol. The maximum Gasteiger partial charge on any atom is 0.265 e. The molecule has 2 aromatic heterocycles. The van der Waals surface area contributed by atoms with Gasteiger partial charge >= 0.3 is 0 Å². The van der Waals surface area contributed by atoms with Crippen LogP contribution >= 0.6 is 23.4 Å². The topological polar surface area (TPSA) is 73.0 Å². The number of carbonyl (C=O) groups excluding carboxylic acids is 1. The molecule has 0 N–H and O–H groups in total. The first-order chi connectivity index (χ1) is 15.5. The Hall–Kier alpha value is -3.10. The number of fused-ring (bicyclic) bond motifs is 2. The normalized spacial score (nSPS) is 15.1. The van der Waals surface area contributed by atoms with Gasteiger partial charge in [0.05, 0.1) is 17.9 Å². The summed E-state index contributed by atoms with van der Waals surface area (Å²) in [7, 11) is 1.79. The summed E-state index contributed by atoms with van der Waals surface area (Å²) in [6.45, 7) is 0.533. The molecule has 162 valence electrons. The van der Waals surface area contributed by atoms with Crippen molar-refractivity contribution < 1.29 is 4.79 Å². The maximum absolute atomic E-state index is 13.3. The Bertz CT molecular complexity index is 1370. The fourth-order valence-electron chi connectivity index (χ4n) is 3.88. The molecule has 3 heterocycles. The fourth-order valence-corrected chi connectivity index (χ4v) is 5.20. The zero-order chi connectivity index (χ0) is 22.2. The number of halogens is 1. The molecular formula is C23H20ClN5O2S. The highest BCUT2D eigenvalue weighted by Crippen LogP contribution is 2.34. The van der Waals surface area contributed by atoms with Gasteiger partial charge in [-0.1, -0.05) is 59.8 Å². The van der Waals surface area contributed by atoms with Gasteiger partial charge in [0.1, 0.15) is 5.39 Å². The molecule has 7 nitrogen and oxygen atoms in total. The lowest BCUT2D eigenvalue weighted by Gasteiger charge is -2.20. The molecule has 1 unspecified atom stereocenters. The SMILES string of the molecule is CN(Cc1ccccc1)C(=O)CC1CSc2nc3c(cnn3-c3cccc(Cl)c3)c(=O)n21. The Labute approximate surface area is 193 Å². The molecule has 0 saturated heterocycles. The molecule has 1 aliphatic rings. The minimum absolute atomic E-state index is 0.00563. The van der Waals surface area contributed by atoms with Gasteiger partial charge in [-0.3, -0.25) is 14.2 Å². The van der Waals surface area contributed by atoms with Gasteiger partial charge in [0.2, 0.25) is 5.91 Å². The number of aromatic nitrogens is 4. The Kier molecular flexibility index (Phi) is 5.48. The van der Waals surface area contributed by atoms with Gasteiger partial charge in [-0.05, 0) is 23.8 Å². The summed E-state index contributed by atoms with van der Waals surface area (Å²) >= 11 is 7.60. The van der Waals surface area contributed by atoms with Crippen LogP contribution in [0.1, 0.15) is 18.0 Å². The van der Waals surface area contributed by atoms with Gasteiger partial charge in [0.15, 0.2) is 10.8 Å². The lowest BCUT2D eigenvalue weighted by atomic mass is 10.1. The summed E-state index contributed by atoms with van der Waals surface area (Å²) in [6, 6.07) is 16.9. The van der Waals surface area contributed by atoms with Gasteiger partial charge in [-0.2, -0.15) is 5.10 Å². The standard InChI is InChI=1S/C23H20ClN5O2S/c1-27(13-15-6-3-2-4-7-15)20(30)11-18-14-32-23-26-21-19(22(31)28(18)23)12-25-29(21)17-9-5-8-16(24)10-17/h2-10,12,18H,11,13-14H2,1H3. The maximum atomic E-state index is 13.3. The average molecular weight is 466 g/mol. The number of benzene rings is 2. The third-order valence-electron chi connectivity index (χ3n) is 5.52. The third kappa shape index (κ3) is 3.80. The summed E-state index contributed by atoms with van der Waals surface area (Å²) in [5, 5.41) is 5.98. The van der Waals surface area contributed by atoms with E-state index in [2.05, 4.69) is 5.10 Å². The smallest absolute Gasteiger partial charge is 0.265 e. The zero-order valence-electron chi connectivity index (χ0n) is 17.3. The first kappa shape index (κ1) is 20.8. The van der Waals surface area contributed by atoms with Crippen molar-refractivity contribution in [1.29, 1.82) is 0 Å². The number of hydrogen-bond acceptors (Lipinski definition) is 5. The summed E-state index contributed by atoms with van der Waals surface area (Å²) in [6.07, 6.45) is 1.78. The Morgan fingerprint density at radius 1 is 1.22 bits per heavy atom. The van der Waals surface area contributed by atoms with Crippen LogP contribution in [0.3, 0.4) is 0 Å². The highest BCUT2D eigenvalue weighted by Gasteiger charge is 2.30. The highest BCUT2D eigenvalue weighted by atomic mass is 35.5. The first-order valence-electron chi connectivity index (χ1n) is 10.2. The molecule has 32 heavy (non-hydrogen) atoms. The molecule has 2 aromatic carbocycles. The highest BCUT2D eigenvalue weighted by molar-refractivity contribution is 7.99. The summed E-state index contributed by atoms with van der Waals surface area (Å²) in [5.41, 5.74) is 2.12. The van der Waals surface area contributed by atoms with E-state index in [1.165, 1.54) is 18.0 Å². The van der Waals surface area contributed by atoms with Gasteiger partial charge in [-0.25, -0.2) is 9.67 Å². The number of rotatable bonds is 5. The van der Waals surface area contributed by atoms with Crippen molar-refractivity contribution in [2.75, 3.05) is 12.8 Å². The van der Waals surface area contributed by atoms with Crippen LogP contribution in [0.15, 0.2) is 70.7 Å². The van der Waals surface area contributed by atoms with Crippen molar-refractivity contribution >= 4 is 40.3 Å². The van der Waals surface area contributed by atoms with E-state index in [0.717, 1.165) is 11.3 Å². The lowest BCUT2D eigenvalue weighted by Crippen LogP contribution is -2.31. The average Bonchev–Trinajstić information content (AvgIpc) is 3.39. The summed E-state index contributed by atoms with van der Waals surface area (Å²) in [5.74, 6) is 0.624. The molecule has 1 aliphatic heterocycles. The van der Waals surface area contributed by atoms with Crippen molar-refractivity contribution in [3.05, 3.63) is 81.7 Å². The summed E-state index contributed by atoms with van der Waals surface area (Å²) < 4.78 is 3.27. The van der Waals surface area contributed by atoms with Crippen LogP contribution < -0.4 is 5.56 Å². The van der Waals surface area contributed by atoms with E-state index in [4.69, 9.17) is 16.6 Å². The van der Waals surface area contributed by atoms with E-state index in [-0.39, 0.29) is 23.9 Å². The predicted octanol–water partition coefficient (Wildman–Crippen LogP) is 3.93. The van der Waals surface area contributed by atoms with Gasteiger partial charge in [-0.15, -0.1) is 0 Å². The fraction of sp³-hybridized carbons (Fsp3) is 0.217. The van der Waals surface area contributed by atoms with Crippen molar-refractivity contribution in [2.45, 2.75) is 24.2 Å². The zero-order valence-corrected chi connectivity index (χ0v) is 18.9.